The van der Waals surface area contributed by atoms with E-state index in [2.05, 4.69) is 10.6 Å². The Kier molecular flexibility index (Phi) is 5.32. The van der Waals surface area contributed by atoms with Crippen molar-refractivity contribution in [1.29, 1.82) is 0 Å². The second kappa shape index (κ2) is 6.76. The highest BCUT2D eigenvalue weighted by molar-refractivity contribution is 5.92. The molecule has 18 heavy (non-hydrogen) atoms. The molecule has 5 heteroatoms. The van der Waals surface area contributed by atoms with Crippen molar-refractivity contribution in [3.05, 3.63) is 29.3 Å². The SMILES string of the molecule is CNC(=O)C[NH2+]CC(=O)Nc1cc(C)ccc1C. The summed E-state index contributed by atoms with van der Waals surface area (Å²) in [6, 6.07) is 5.91. The fraction of sp³-hybridized carbons (Fsp3) is 0.385. The van der Waals surface area contributed by atoms with Crippen LogP contribution in [-0.4, -0.2) is 32.0 Å². The largest absolute Gasteiger partial charge is 0.354 e. The molecule has 0 unspecified atom stereocenters. The molecule has 0 saturated carbocycles. The number of benzene rings is 1. The minimum absolute atomic E-state index is 0.0884. The lowest BCUT2D eigenvalue weighted by atomic mass is 10.1. The number of carbonyl (C=O) groups excluding carboxylic acids is 2. The van der Waals surface area contributed by atoms with Crippen LogP contribution in [0.1, 0.15) is 11.1 Å². The van der Waals surface area contributed by atoms with Gasteiger partial charge in [-0.25, -0.2) is 0 Å². The van der Waals surface area contributed by atoms with Gasteiger partial charge in [0, 0.05) is 12.7 Å². The Hall–Kier alpha value is -1.88. The summed E-state index contributed by atoms with van der Waals surface area (Å²) >= 11 is 0. The van der Waals surface area contributed by atoms with Gasteiger partial charge in [-0.2, -0.15) is 0 Å². The van der Waals surface area contributed by atoms with E-state index in [0.717, 1.165) is 16.8 Å². The zero-order valence-electron chi connectivity index (χ0n) is 11.0. The summed E-state index contributed by atoms with van der Waals surface area (Å²) in [6.07, 6.45) is 0. The lowest BCUT2D eigenvalue weighted by molar-refractivity contribution is -0.632. The van der Waals surface area contributed by atoms with Gasteiger partial charge in [-0.3, -0.25) is 9.59 Å². The number of rotatable bonds is 5. The molecule has 0 spiro atoms. The molecule has 0 fully saturated rings. The number of likely N-dealkylation sites (N-methyl/N-ethyl adjacent to an activating group) is 1. The van der Waals surface area contributed by atoms with Crippen molar-refractivity contribution in [2.45, 2.75) is 13.8 Å². The fourth-order valence-electron chi connectivity index (χ4n) is 1.51. The first kappa shape index (κ1) is 14.2. The van der Waals surface area contributed by atoms with E-state index in [9.17, 15) is 9.59 Å². The van der Waals surface area contributed by atoms with Gasteiger partial charge in [0.1, 0.15) is 0 Å². The molecule has 5 nitrogen and oxygen atoms in total. The van der Waals surface area contributed by atoms with Crippen LogP contribution in [0.4, 0.5) is 5.69 Å². The van der Waals surface area contributed by atoms with Crippen LogP contribution in [0.5, 0.6) is 0 Å². The lowest BCUT2D eigenvalue weighted by Gasteiger charge is -2.08. The summed E-state index contributed by atoms with van der Waals surface area (Å²) in [5.74, 6) is -0.192. The molecule has 1 aromatic rings. The van der Waals surface area contributed by atoms with Gasteiger partial charge in [-0.05, 0) is 31.0 Å². The number of amides is 2. The van der Waals surface area contributed by atoms with Crippen LogP contribution in [0.3, 0.4) is 0 Å². The van der Waals surface area contributed by atoms with Crippen molar-refractivity contribution >= 4 is 17.5 Å². The molecule has 4 N–H and O–H groups in total. The molecule has 0 aliphatic heterocycles. The first-order valence-corrected chi connectivity index (χ1v) is 5.92. The average Bonchev–Trinajstić information content (AvgIpc) is 2.33. The maximum atomic E-state index is 11.7. The zero-order valence-corrected chi connectivity index (χ0v) is 11.0. The third-order valence-corrected chi connectivity index (χ3v) is 2.61. The summed E-state index contributed by atoms with van der Waals surface area (Å²) in [6.45, 7) is 4.42. The summed E-state index contributed by atoms with van der Waals surface area (Å²) < 4.78 is 0. The molecular weight excluding hydrogens is 230 g/mol. The Labute approximate surface area is 107 Å². The molecule has 0 saturated heterocycles. The Morgan fingerprint density at radius 3 is 2.50 bits per heavy atom. The molecule has 0 radical (unpaired) electrons. The van der Waals surface area contributed by atoms with E-state index < -0.39 is 0 Å². The van der Waals surface area contributed by atoms with Gasteiger partial charge in [-0.1, -0.05) is 12.1 Å². The third kappa shape index (κ3) is 4.55. The van der Waals surface area contributed by atoms with Gasteiger partial charge in [0.2, 0.25) is 0 Å². The molecule has 0 atom stereocenters. The molecule has 1 aromatic carbocycles. The van der Waals surface area contributed by atoms with Gasteiger partial charge >= 0.3 is 0 Å². The molecular formula is C13H20N3O2+. The van der Waals surface area contributed by atoms with Crippen molar-refractivity contribution in [1.82, 2.24) is 5.32 Å². The Morgan fingerprint density at radius 2 is 1.83 bits per heavy atom. The number of hydrogen-bond donors (Lipinski definition) is 3. The van der Waals surface area contributed by atoms with Crippen molar-refractivity contribution < 1.29 is 14.9 Å². The van der Waals surface area contributed by atoms with E-state index >= 15 is 0 Å². The summed E-state index contributed by atoms with van der Waals surface area (Å²) in [5, 5.41) is 7.01. The fourth-order valence-corrected chi connectivity index (χ4v) is 1.51. The molecule has 0 aliphatic carbocycles. The van der Waals surface area contributed by atoms with E-state index in [1.54, 1.807) is 12.4 Å². The van der Waals surface area contributed by atoms with Crippen molar-refractivity contribution in [2.75, 3.05) is 25.5 Å². The van der Waals surface area contributed by atoms with E-state index in [1.807, 2.05) is 32.0 Å². The summed E-state index contributed by atoms with van der Waals surface area (Å²) in [5.41, 5.74) is 2.96. The summed E-state index contributed by atoms with van der Waals surface area (Å²) in [4.78, 5) is 22.6. The summed E-state index contributed by atoms with van der Waals surface area (Å²) in [7, 11) is 1.58. The number of anilines is 1. The molecule has 98 valence electrons. The predicted molar refractivity (Wildman–Crippen MR) is 70.3 cm³/mol. The average molecular weight is 250 g/mol. The van der Waals surface area contributed by atoms with E-state index in [1.165, 1.54) is 0 Å². The lowest BCUT2D eigenvalue weighted by Crippen LogP contribution is -2.88. The number of aryl methyl sites for hydroxylation is 2. The van der Waals surface area contributed by atoms with Crippen LogP contribution in [0.25, 0.3) is 0 Å². The smallest absolute Gasteiger partial charge is 0.279 e. The number of nitrogens with two attached hydrogens (primary N) is 1. The van der Waals surface area contributed by atoms with Crippen LogP contribution in [0.15, 0.2) is 18.2 Å². The quantitative estimate of drug-likeness (QED) is 0.662. The van der Waals surface area contributed by atoms with Crippen LogP contribution >= 0.6 is 0 Å². The van der Waals surface area contributed by atoms with E-state index in [0.29, 0.717) is 0 Å². The van der Waals surface area contributed by atoms with E-state index in [4.69, 9.17) is 0 Å². The highest BCUT2D eigenvalue weighted by Gasteiger charge is 2.08. The number of hydrogen-bond acceptors (Lipinski definition) is 2. The third-order valence-electron chi connectivity index (χ3n) is 2.61. The molecule has 0 aliphatic rings. The van der Waals surface area contributed by atoms with Crippen molar-refractivity contribution in [3.63, 3.8) is 0 Å². The van der Waals surface area contributed by atoms with Crippen LogP contribution < -0.4 is 16.0 Å². The monoisotopic (exact) mass is 250 g/mol. The highest BCUT2D eigenvalue weighted by Crippen LogP contribution is 2.15. The topological polar surface area (TPSA) is 74.8 Å². The predicted octanol–water partition coefficient (Wildman–Crippen LogP) is -0.449. The second-order valence-electron chi connectivity index (χ2n) is 4.24. The number of nitrogens with one attached hydrogen (secondary N) is 2. The molecule has 0 bridgehead atoms. The Balaban J connectivity index is 2.44. The maximum absolute atomic E-state index is 11.7. The van der Waals surface area contributed by atoms with Crippen LogP contribution in [0.2, 0.25) is 0 Å². The zero-order chi connectivity index (χ0) is 13.5. The second-order valence-corrected chi connectivity index (χ2v) is 4.24. The van der Waals surface area contributed by atoms with E-state index in [-0.39, 0.29) is 24.9 Å². The van der Waals surface area contributed by atoms with Gasteiger partial charge in [0.25, 0.3) is 11.8 Å². The first-order valence-electron chi connectivity index (χ1n) is 5.92. The Morgan fingerprint density at radius 1 is 1.17 bits per heavy atom. The number of quaternary nitrogens is 1. The maximum Gasteiger partial charge on any atom is 0.279 e. The minimum Gasteiger partial charge on any atom is -0.354 e. The molecule has 1 rings (SSSR count). The standard InChI is InChI=1S/C13H19N3O2/c1-9-4-5-10(2)11(6-9)16-13(18)8-15-7-12(17)14-3/h4-6,15H,7-8H2,1-3H3,(H,14,17)(H,16,18)/p+1. The number of carbonyl (C=O) groups is 2. The molecule has 0 aromatic heterocycles. The van der Waals surface area contributed by atoms with Gasteiger partial charge in [0.15, 0.2) is 13.1 Å². The van der Waals surface area contributed by atoms with Gasteiger partial charge < -0.3 is 16.0 Å². The van der Waals surface area contributed by atoms with Crippen molar-refractivity contribution in [2.24, 2.45) is 0 Å². The van der Waals surface area contributed by atoms with Crippen LogP contribution in [0, 0.1) is 13.8 Å². The minimum atomic E-state index is -0.104. The van der Waals surface area contributed by atoms with Crippen molar-refractivity contribution in [3.8, 4) is 0 Å². The normalized spacial score (nSPS) is 9.94. The van der Waals surface area contributed by atoms with Gasteiger partial charge in [0.05, 0.1) is 0 Å². The van der Waals surface area contributed by atoms with Gasteiger partial charge in [-0.15, -0.1) is 0 Å². The van der Waals surface area contributed by atoms with Crippen LogP contribution in [-0.2, 0) is 9.59 Å². The first-order chi connectivity index (χ1) is 8.52. The highest BCUT2D eigenvalue weighted by atomic mass is 16.2. The molecule has 2 amide bonds. The molecule has 0 heterocycles. The Bertz CT molecular complexity index is 444.